The standard InChI is InChI=1S/C25H19F3S/c1-24(20-12-14-21(15-13-20)25(26,27)28)16-22(18-8-4-2-5-9-18)29-23(17-24)19-10-6-3-7-11-19/h2-17H,1H3. The molecule has 0 fully saturated rings. The van der Waals surface area contributed by atoms with Crippen LogP contribution in [0.1, 0.15) is 29.2 Å². The van der Waals surface area contributed by atoms with Crippen LogP contribution in [0.2, 0.25) is 0 Å². The minimum Gasteiger partial charge on any atom is -0.166 e. The summed E-state index contributed by atoms with van der Waals surface area (Å²) < 4.78 is 39.0. The van der Waals surface area contributed by atoms with Crippen LogP contribution in [0.15, 0.2) is 97.1 Å². The number of hydrogen-bond donors (Lipinski definition) is 0. The van der Waals surface area contributed by atoms with E-state index in [0.717, 1.165) is 38.6 Å². The summed E-state index contributed by atoms with van der Waals surface area (Å²) in [6.45, 7) is 2.04. The fraction of sp³-hybridized carbons (Fsp3) is 0.120. The van der Waals surface area contributed by atoms with Gasteiger partial charge >= 0.3 is 6.18 Å². The maximum Gasteiger partial charge on any atom is 0.416 e. The fourth-order valence-corrected chi connectivity index (χ4v) is 4.79. The molecule has 4 rings (SSSR count). The van der Waals surface area contributed by atoms with Crippen molar-refractivity contribution in [3.63, 3.8) is 0 Å². The van der Waals surface area contributed by atoms with Crippen molar-refractivity contribution in [3.8, 4) is 0 Å². The monoisotopic (exact) mass is 408 g/mol. The molecular formula is C25H19F3S. The predicted octanol–water partition coefficient (Wildman–Crippen LogP) is 7.79. The normalized spacial score (nSPS) is 16.1. The largest absolute Gasteiger partial charge is 0.416 e. The van der Waals surface area contributed by atoms with Crippen LogP contribution < -0.4 is 0 Å². The number of rotatable bonds is 3. The van der Waals surface area contributed by atoms with Crippen molar-refractivity contribution in [2.75, 3.05) is 0 Å². The number of benzene rings is 3. The first kappa shape index (κ1) is 19.6. The van der Waals surface area contributed by atoms with Gasteiger partial charge in [-0.25, -0.2) is 0 Å². The lowest BCUT2D eigenvalue weighted by molar-refractivity contribution is -0.137. The van der Waals surface area contributed by atoms with Crippen LogP contribution in [-0.2, 0) is 11.6 Å². The summed E-state index contributed by atoms with van der Waals surface area (Å²) in [4.78, 5) is 2.18. The molecule has 3 aromatic carbocycles. The third-order valence-electron chi connectivity index (χ3n) is 5.03. The van der Waals surface area contributed by atoms with Gasteiger partial charge in [0, 0.05) is 15.2 Å². The average Bonchev–Trinajstić information content (AvgIpc) is 2.74. The molecule has 29 heavy (non-hydrogen) atoms. The molecule has 0 N–H and O–H groups in total. The highest BCUT2D eigenvalue weighted by Gasteiger charge is 2.32. The van der Waals surface area contributed by atoms with Crippen molar-refractivity contribution in [2.45, 2.75) is 18.5 Å². The number of hydrogen-bond acceptors (Lipinski definition) is 1. The lowest BCUT2D eigenvalue weighted by Crippen LogP contribution is -2.19. The molecule has 1 heterocycles. The maximum atomic E-state index is 13.0. The van der Waals surface area contributed by atoms with Crippen molar-refractivity contribution in [3.05, 3.63) is 119 Å². The van der Waals surface area contributed by atoms with E-state index >= 15 is 0 Å². The summed E-state index contributed by atoms with van der Waals surface area (Å²) in [6, 6.07) is 25.6. The second-order valence-corrected chi connectivity index (χ2v) is 8.29. The molecule has 0 unspecified atom stereocenters. The van der Waals surface area contributed by atoms with Crippen LogP contribution in [0.25, 0.3) is 9.81 Å². The molecule has 0 amide bonds. The summed E-state index contributed by atoms with van der Waals surface area (Å²) >= 11 is 1.68. The summed E-state index contributed by atoms with van der Waals surface area (Å²) in [5.74, 6) is 0. The molecule has 0 aromatic heterocycles. The summed E-state index contributed by atoms with van der Waals surface area (Å²) in [7, 11) is 0. The van der Waals surface area contributed by atoms with Gasteiger partial charge in [-0.3, -0.25) is 0 Å². The van der Waals surface area contributed by atoms with Crippen molar-refractivity contribution in [1.29, 1.82) is 0 Å². The molecule has 0 saturated carbocycles. The Balaban J connectivity index is 1.82. The first-order valence-corrected chi connectivity index (χ1v) is 10.1. The van der Waals surface area contributed by atoms with Gasteiger partial charge in [-0.15, -0.1) is 0 Å². The highest BCUT2D eigenvalue weighted by atomic mass is 32.2. The van der Waals surface area contributed by atoms with Crippen molar-refractivity contribution < 1.29 is 13.2 Å². The summed E-state index contributed by atoms with van der Waals surface area (Å²) in [5, 5.41) is 0. The van der Waals surface area contributed by atoms with Gasteiger partial charge in [0.05, 0.1) is 5.56 Å². The fourth-order valence-electron chi connectivity index (χ4n) is 3.44. The first-order chi connectivity index (χ1) is 13.9. The molecule has 1 aliphatic rings. The Hall–Kier alpha value is -2.72. The molecule has 0 atom stereocenters. The number of halogens is 3. The summed E-state index contributed by atoms with van der Waals surface area (Å²) in [6.07, 6.45) is -0.0536. The zero-order valence-corrected chi connectivity index (χ0v) is 16.6. The average molecular weight is 408 g/mol. The molecule has 0 nitrogen and oxygen atoms in total. The van der Waals surface area contributed by atoms with E-state index < -0.39 is 17.2 Å². The maximum absolute atomic E-state index is 13.0. The van der Waals surface area contributed by atoms with Crippen LogP contribution in [-0.4, -0.2) is 0 Å². The smallest absolute Gasteiger partial charge is 0.166 e. The van der Waals surface area contributed by atoms with E-state index in [1.165, 1.54) is 0 Å². The van der Waals surface area contributed by atoms with Crippen molar-refractivity contribution >= 4 is 21.6 Å². The Morgan fingerprint density at radius 3 is 1.52 bits per heavy atom. The summed E-state index contributed by atoms with van der Waals surface area (Å²) in [5.41, 5.74) is 1.86. The quantitative estimate of drug-likeness (QED) is 0.426. The molecule has 1 aliphatic heterocycles. The van der Waals surface area contributed by atoms with E-state index in [2.05, 4.69) is 36.4 Å². The molecule has 0 radical (unpaired) electrons. The lowest BCUT2D eigenvalue weighted by Gasteiger charge is -2.31. The molecular weight excluding hydrogens is 389 g/mol. The van der Waals surface area contributed by atoms with E-state index in [1.54, 1.807) is 23.9 Å². The number of allylic oxidation sites excluding steroid dienone is 2. The van der Waals surface area contributed by atoms with Crippen LogP contribution in [0.4, 0.5) is 13.2 Å². The second kappa shape index (κ2) is 7.60. The van der Waals surface area contributed by atoms with E-state index in [-0.39, 0.29) is 0 Å². The minimum absolute atomic E-state index is 0.522. The molecule has 4 heteroatoms. The van der Waals surface area contributed by atoms with Gasteiger partial charge in [0.15, 0.2) is 0 Å². The SMILES string of the molecule is CC1(c2ccc(C(F)(F)F)cc2)C=C(c2ccccc2)SC(c2ccccc2)=C1. The Morgan fingerprint density at radius 1 is 0.655 bits per heavy atom. The Morgan fingerprint density at radius 2 is 1.10 bits per heavy atom. The Bertz CT molecular complexity index is 991. The molecule has 0 saturated heterocycles. The Labute approximate surface area is 172 Å². The zero-order chi connectivity index (χ0) is 20.5. The van der Waals surface area contributed by atoms with Gasteiger partial charge in [0.25, 0.3) is 0 Å². The topological polar surface area (TPSA) is 0 Å². The Kier molecular flexibility index (Phi) is 5.13. The molecule has 0 bridgehead atoms. The van der Waals surface area contributed by atoms with Gasteiger partial charge in [0.1, 0.15) is 0 Å². The van der Waals surface area contributed by atoms with E-state index in [0.29, 0.717) is 0 Å². The van der Waals surface area contributed by atoms with Gasteiger partial charge in [0.2, 0.25) is 0 Å². The van der Waals surface area contributed by atoms with Gasteiger partial charge < -0.3 is 0 Å². The second-order valence-electron chi connectivity index (χ2n) is 7.21. The third-order valence-corrected chi connectivity index (χ3v) is 6.18. The van der Waals surface area contributed by atoms with Crippen LogP contribution in [0.5, 0.6) is 0 Å². The highest BCUT2D eigenvalue weighted by molar-refractivity contribution is 8.16. The minimum atomic E-state index is -4.34. The third kappa shape index (κ3) is 4.18. The van der Waals surface area contributed by atoms with Crippen LogP contribution in [0, 0.1) is 0 Å². The first-order valence-electron chi connectivity index (χ1n) is 9.27. The van der Waals surface area contributed by atoms with E-state index in [9.17, 15) is 13.2 Å². The molecule has 0 spiro atoms. The zero-order valence-electron chi connectivity index (χ0n) is 15.8. The molecule has 146 valence electrons. The predicted molar refractivity (Wildman–Crippen MR) is 115 cm³/mol. The van der Waals surface area contributed by atoms with Gasteiger partial charge in [-0.1, -0.05) is 96.7 Å². The van der Waals surface area contributed by atoms with Crippen molar-refractivity contribution in [2.24, 2.45) is 0 Å². The highest BCUT2D eigenvalue weighted by Crippen LogP contribution is 2.48. The molecule has 0 aliphatic carbocycles. The number of alkyl halides is 3. The van der Waals surface area contributed by atoms with Gasteiger partial charge in [-0.05, 0) is 35.7 Å². The molecule has 3 aromatic rings. The van der Waals surface area contributed by atoms with E-state index in [4.69, 9.17) is 0 Å². The number of thioether (sulfide) groups is 1. The lowest BCUT2D eigenvalue weighted by atomic mass is 9.80. The van der Waals surface area contributed by atoms with Gasteiger partial charge in [-0.2, -0.15) is 13.2 Å². The van der Waals surface area contributed by atoms with Crippen LogP contribution >= 0.6 is 11.8 Å². The van der Waals surface area contributed by atoms with Crippen molar-refractivity contribution in [1.82, 2.24) is 0 Å². The van der Waals surface area contributed by atoms with Crippen LogP contribution in [0.3, 0.4) is 0 Å². The van der Waals surface area contributed by atoms with E-state index in [1.807, 2.05) is 43.3 Å².